The van der Waals surface area contributed by atoms with Crippen molar-refractivity contribution in [2.45, 2.75) is 43.7 Å². The fraction of sp³-hybridized carbons (Fsp3) is 0.409. The van der Waals surface area contributed by atoms with E-state index < -0.39 is 6.10 Å². The third-order valence-corrected chi connectivity index (χ3v) is 6.27. The molecule has 2 heterocycles. The highest BCUT2D eigenvalue weighted by Gasteiger charge is 2.53. The molecule has 142 valence electrons. The van der Waals surface area contributed by atoms with Crippen molar-refractivity contribution in [1.29, 1.82) is 0 Å². The first-order valence-electron chi connectivity index (χ1n) is 9.60. The van der Waals surface area contributed by atoms with Crippen LogP contribution >= 0.6 is 11.6 Å². The molecule has 2 aliphatic heterocycles. The summed E-state index contributed by atoms with van der Waals surface area (Å²) in [6, 6.07) is 15.2. The molecule has 4 rings (SSSR count). The number of hydrogen-bond donors (Lipinski definition) is 2. The molecule has 5 heteroatoms. The van der Waals surface area contributed by atoms with Gasteiger partial charge in [0.05, 0.1) is 6.10 Å². The molecule has 2 atom stereocenters. The number of piperidine rings is 1. The number of nitrogens with zero attached hydrogens (tertiary/aromatic N) is 1. The zero-order chi connectivity index (χ0) is 19.0. The number of hydrogen-bond acceptors (Lipinski definition) is 3. The summed E-state index contributed by atoms with van der Waals surface area (Å²) in [6.07, 6.45) is 2.02. The maximum atomic E-state index is 13.5. The van der Waals surface area contributed by atoms with Gasteiger partial charge in [-0.25, -0.2) is 0 Å². The summed E-state index contributed by atoms with van der Waals surface area (Å²) in [6.45, 7) is 3.66. The summed E-state index contributed by atoms with van der Waals surface area (Å²) < 4.78 is 0. The van der Waals surface area contributed by atoms with Crippen molar-refractivity contribution in [1.82, 2.24) is 5.32 Å². The number of anilines is 1. The van der Waals surface area contributed by atoms with Gasteiger partial charge >= 0.3 is 0 Å². The molecule has 1 saturated heterocycles. The van der Waals surface area contributed by atoms with Gasteiger partial charge in [0.15, 0.2) is 0 Å². The van der Waals surface area contributed by atoms with Gasteiger partial charge in [0.1, 0.15) is 0 Å². The zero-order valence-corrected chi connectivity index (χ0v) is 16.2. The first kappa shape index (κ1) is 18.5. The van der Waals surface area contributed by atoms with Crippen LogP contribution in [0, 0.1) is 0 Å². The van der Waals surface area contributed by atoms with Gasteiger partial charge in [-0.15, -0.1) is 0 Å². The second-order valence-corrected chi connectivity index (χ2v) is 8.14. The monoisotopic (exact) mass is 384 g/mol. The van der Waals surface area contributed by atoms with E-state index in [4.69, 9.17) is 11.6 Å². The van der Waals surface area contributed by atoms with E-state index in [0.717, 1.165) is 31.6 Å². The van der Waals surface area contributed by atoms with E-state index in [-0.39, 0.29) is 17.4 Å². The van der Waals surface area contributed by atoms with Crippen LogP contribution in [0.2, 0.25) is 5.02 Å². The lowest BCUT2D eigenvalue weighted by atomic mass is 9.68. The molecular formula is C22H25ClN2O2. The van der Waals surface area contributed by atoms with Crippen molar-refractivity contribution in [3.63, 3.8) is 0 Å². The fourth-order valence-electron chi connectivity index (χ4n) is 4.81. The highest BCUT2D eigenvalue weighted by Crippen LogP contribution is 2.52. The molecule has 4 nitrogen and oxygen atoms in total. The highest BCUT2D eigenvalue weighted by molar-refractivity contribution is 6.30. The van der Waals surface area contributed by atoms with Crippen LogP contribution in [-0.4, -0.2) is 36.2 Å². The predicted octanol–water partition coefficient (Wildman–Crippen LogP) is 3.76. The number of benzene rings is 2. The van der Waals surface area contributed by atoms with Crippen molar-refractivity contribution < 1.29 is 9.90 Å². The van der Waals surface area contributed by atoms with Crippen LogP contribution < -0.4 is 10.2 Å². The van der Waals surface area contributed by atoms with Gasteiger partial charge in [-0.3, -0.25) is 4.79 Å². The van der Waals surface area contributed by atoms with Gasteiger partial charge in [0.25, 0.3) is 5.91 Å². The van der Waals surface area contributed by atoms with Crippen molar-refractivity contribution in [2.24, 2.45) is 0 Å². The average molecular weight is 385 g/mol. The first-order chi connectivity index (χ1) is 13.0. The standard InChI is InChI=1S/C22H25ClN2O2/c1-15(26)14-20-22(10-12-24-13-11-22)18-4-2-3-5-19(18)25(20)21(27)16-6-8-17(23)9-7-16/h2-9,15,20,24,26H,10-14H2,1H3/t15-,20?/m1/s1. The summed E-state index contributed by atoms with van der Waals surface area (Å²) in [5.41, 5.74) is 2.72. The lowest BCUT2D eigenvalue weighted by molar-refractivity contribution is 0.0935. The van der Waals surface area contributed by atoms with E-state index in [0.29, 0.717) is 17.0 Å². The van der Waals surface area contributed by atoms with E-state index in [1.165, 1.54) is 5.56 Å². The van der Waals surface area contributed by atoms with Crippen LogP contribution in [0.3, 0.4) is 0 Å². The molecule has 1 amide bonds. The third-order valence-electron chi connectivity index (χ3n) is 6.02. The highest BCUT2D eigenvalue weighted by atomic mass is 35.5. The Kier molecular flexibility index (Phi) is 4.97. The Bertz CT molecular complexity index is 828. The molecular weight excluding hydrogens is 360 g/mol. The molecule has 1 fully saturated rings. The van der Waals surface area contributed by atoms with Crippen LogP contribution in [0.4, 0.5) is 5.69 Å². The van der Waals surface area contributed by atoms with Crippen LogP contribution in [0.5, 0.6) is 0 Å². The van der Waals surface area contributed by atoms with Crippen molar-refractivity contribution in [3.8, 4) is 0 Å². The second kappa shape index (κ2) is 7.27. The molecule has 0 aliphatic carbocycles. The summed E-state index contributed by atoms with van der Waals surface area (Å²) >= 11 is 6.01. The molecule has 27 heavy (non-hydrogen) atoms. The molecule has 1 spiro atoms. The van der Waals surface area contributed by atoms with Crippen LogP contribution in [0.25, 0.3) is 0 Å². The smallest absolute Gasteiger partial charge is 0.258 e. The van der Waals surface area contributed by atoms with Gasteiger partial charge < -0.3 is 15.3 Å². The Hall–Kier alpha value is -1.88. The number of amides is 1. The maximum Gasteiger partial charge on any atom is 0.258 e. The minimum Gasteiger partial charge on any atom is -0.393 e. The van der Waals surface area contributed by atoms with E-state index in [1.54, 1.807) is 24.3 Å². The Morgan fingerprint density at radius 2 is 1.89 bits per heavy atom. The minimum absolute atomic E-state index is 0.0276. The van der Waals surface area contributed by atoms with E-state index >= 15 is 0 Å². The Morgan fingerprint density at radius 3 is 2.56 bits per heavy atom. The Morgan fingerprint density at radius 1 is 1.22 bits per heavy atom. The zero-order valence-electron chi connectivity index (χ0n) is 15.5. The van der Waals surface area contributed by atoms with Gasteiger partial charge in [-0.2, -0.15) is 0 Å². The molecule has 2 aliphatic rings. The molecule has 2 N–H and O–H groups in total. The molecule has 0 saturated carbocycles. The number of para-hydroxylation sites is 1. The lowest BCUT2D eigenvalue weighted by Gasteiger charge is -2.42. The summed E-state index contributed by atoms with van der Waals surface area (Å²) in [4.78, 5) is 15.5. The number of carbonyl (C=O) groups is 1. The number of aliphatic hydroxyl groups excluding tert-OH is 1. The number of halogens is 1. The quantitative estimate of drug-likeness (QED) is 0.847. The SMILES string of the molecule is C[C@@H](O)CC1N(C(=O)c2ccc(Cl)cc2)c2ccccc2C12CCNCC2. The molecule has 2 aromatic carbocycles. The Labute approximate surface area is 165 Å². The number of nitrogens with one attached hydrogen (secondary N) is 1. The number of rotatable bonds is 3. The van der Waals surface area contributed by atoms with E-state index in [9.17, 15) is 9.90 Å². The van der Waals surface area contributed by atoms with Gasteiger partial charge in [-0.05, 0) is 75.2 Å². The largest absolute Gasteiger partial charge is 0.393 e. The number of carbonyl (C=O) groups excluding carboxylic acids is 1. The van der Waals surface area contributed by atoms with Crippen LogP contribution in [0.1, 0.15) is 42.1 Å². The van der Waals surface area contributed by atoms with Crippen molar-refractivity contribution in [3.05, 3.63) is 64.7 Å². The molecule has 2 aromatic rings. The molecule has 0 bridgehead atoms. The minimum atomic E-state index is -0.475. The maximum absolute atomic E-state index is 13.5. The molecule has 1 unspecified atom stereocenters. The normalized spacial score (nSPS) is 21.9. The van der Waals surface area contributed by atoms with Gasteiger partial charge in [0, 0.05) is 27.7 Å². The van der Waals surface area contributed by atoms with Crippen LogP contribution in [-0.2, 0) is 5.41 Å². The van der Waals surface area contributed by atoms with Gasteiger partial charge in [-0.1, -0.05) is 29.8 Å². The fourth-order valence-corrected chi connectivity index (χ4v) is 4.94. The van der Waals surface area contributed by atoms with Gasteiger partial charge in [0.2, 0.25) is 0 Å². The topological polar surface area (TPSA) is 52.6 Å². The van der Waals surface area contributed by atoms with Crippen molar-refractivity contribution >= 4 is 23.2 Å². The summed E-state index contributed by atoms with van der Waals surface area (Å²) in [5.74, 6) is -0.0276. The van der Waals surface area contributed by atoms with E-state index in [2.05, 4.69) is 17.4 Å². The molecule has 0 aromatic heterocycles. The predicted molar refractivity (Wildman–Crippen MR) is 109 cm³/mol. The van der Waals surface area contributed by atoms with E-state index in [1.807, 2.05) is 24.0 Å². The van der Waals surface area contributed by atoms with Crippen molar-refractivity contribution in [2.75, 3.05) is 18.0 Å². The average Bonchev–Trinajstić information content (AvgIpc) is 2.92. The Balaban J connectivity index is 1.83. The first-order valence-corrected chi connectivity index (χ1v) is 9.98. The lowest BCUT2D eigenvalue weighted by Crippen LogP contribution is -2.53. The van der Waals surface area contributed by atoms with Crippen LogP contribution in [0.15, 0.2) is 48.5 Å². The molecule has 0 radical (unpaired) electrons. The number of aliphatic hydroxyl groups is 1. The summed E-state index contributed by atoms with van der Waals surface area (Å²) in [7, 11) is 0. The third kappa shape index (κ3) is 3.16. The summed E-state index contributed by atoms with van der Waals surface area (Å²) in [5, 5.41) is 14.3. The number of fused-ring (bicyclic) bond motifs is 2. The second-order valence-electron chi connectivity index (χ2n) is 7.71.